The van der Waals surface area contributed by atoms with Crippen LogP contribution in [0.1, 0.15) is 0 Å². The molecule has 4 nitrogen and oxygen atoms in total. The minimum Gasteiger partial charge on any atom is -0.493 e. The highest BCUT2D eigenvalue weighted by Crippen LogP contribution is 2.41. The van der Waals surface area contributed by atoms with E-state index >= 15 is 0 Å². The molecule has 0 fully saturated rings. The lowest BCUT2D eigenvalue weighted by molar-refractivity contribution is 0.324. The van der Waals surface area contributed by atoms with Gasteiger partial charge in [-0.05, 0) is 41.5 Å². The van der Waals surface area contributed by atoms with Crippen LogP contribution in [0, 0.1) is 5.82 Å². The van der Waals surface area contributed by atoms with Gasteiger partial charge in [0.25, 0.3) is 0 Å². The Morgan fingerprint density at radius 1 is 0.680 bits per heavy atom. The Balaban J connectivity index is 2.08. The zero-order valence-corrected chi connectivity index (χ0v) is 14.2. The Labute approximate surface area is 145 Å². The van der Waals surface area contributed by atoms with Crippen LogP contribution in [-0.2, 0) is 0 Å². The molecule has 3 rings (SSSR count). The van der Waals surface area contributed by atoms with Crippen molar-refractivity contribution < 1.29 is 18.6 Å². The lowest BCUT2D eigenvalue weighted by atomic mass is 10.0. The van der Waals surface area contributed by atoms with Gasteiger partial charge in [-0.25, -0.2) is 4.39 Å². The maximum Gasteiger partial charge on any atom is 0.203 e. The van der Waals surface area contributed by atoms with Gasteiger partial charge in [-0.2, -0.15) is 0 Å². The fraction of sp³-hybridized carbons (Fsp3) is 0.150. The molecule has 1 heterocycles. The van der Waals surface area contributed by atoms with E-state index in [0.717, 1.165) is 22.3 Å². The first-order valence-electron chi connectivity index (χ1n) is 7.67. The molecule has 0 amide bonds. The molecular formula is C20H18FNO3. The quantitative estimate of drug-likeness (QED) is 0.682. The second-order valence-corrected chi connectivity index (χ2v) is 5.38. The molecule has 0 bridgehead atoms. The number of hydrogen-bond donors (Lipinski definition) is 0. The molecule has 2 aromatic carbocycles. The second kappa shape index (κ2) is 7.21. The van der Waals surface area contributed by atoms with Crippen molar-refractivity contribution >= 4 is 0 Å². The Morgan fingerprint density at radius 3 is 1.76 bits per heavy atom. The van der Waals surface area contributed by atoms with Crippen molar-refractivity contribution in [3.63, 3.8) is 0 Å². The van der Waals surface area contributed by atoms with Crippen LogP contribution >= 0.6 is 0 Å². The molecule has 0 atom stereocenters. The largest absolute Gasteiger partial charge is 0.493 e. The molecule has 0 saturated heterocycles. The number of rotatable bonds is 5. The molecule has 0 spiro atoms. The lowest BCUT2D eigenvalue weighted by Gasteiger charge is -2.14. The number of ether oxygens (including phenoxy) is 3. The van der Waals surface area contributed by atoms with Crippen molar-refractivity contribution in [1.82, 2.24) is 4.98 Å². The first-order valence-corrected chi connectivity index (χ1v) is 7.67. The Morgan fingerprint density at radius 2 is 1.24 bits per heavy atom. The normalized spacial score (nSPS) is 10.4. The monoisotopic (exact) mass is 339 g/mol. The molecule has 128 valence electrons. The van der Waals surface area contributed by atoms with E-state index < -0.39 is 0 Å². The van der Waals surface area contributed by atoms with Gasteiger partial charge < -0.3 is 14.2 Å². The third kappa shape index (κ3) is 3.40. The summed E-state index contributed by atoms with van der Waals surface area (Å²) in [6.45, 7) is 0. The average molecular weight is 339 g/mol. The second-order valence-electron chi connectivity index (χ2n) is 5.38. The molecule has 0 radical (unpaired) electrons. The molecule has 25 heavy (non-hydrogen) atoms. The van der Waals surface area contributed by atoms with Crippen LogP contribution in [0.3, 0.4) is 0 Å². The molecule has 0 aliphatic rings. The molecule has 0 unspecified atom stereocenters. The first-order chi connectivity index (χ1) is 12.2. The minimum absolute atomic E-state index is 0.266. The third-order valence-electron chi connectivity index (χ3n) is 3.91. The first kappa shape index (κ1) is 16.8. The maximum atomic E-state index is 13.1. The van der Waals surface area contributed by atoms with Gasteiger partial charge in [0.05, 0.1) is 21.3 Å². The topological polar surface area (TPSA) is 40.6 Å². The number of hydrogen-bond acceptors (Lipinski definition) is 4. The van der Waals surface area contributed by atoms with Crippen LogP contribution in [0.4, 0.5) is 4.39 Å². The fourth-order valence-electron chi connectivity index (χ4n) is 2.65. The lowest BCUT2D eigenvalue weighted by Crippen LogP contribution is -1.96. The summed E-state index contributed by atoms with van der Waals surface area (Å²) in [4.78, 5) is 4.31. The van der Waals surface area contributed by atoms with E-state index in [1.165, 1.54) is 12.1 Å². The van der Waals surface area contributed by atoms with E-state index in [9.17, 15) is 4.39 Å². The Hall–Kier alpha value is -3.08. The van der Waals surface area contributed by atoms with E-state index in [-0.39, 0.29) is 5.82 Å². The summed E-state index contributed by atoms with van der Waals surface area (Å²) in [5.41, 5.74) is 3.56. The molecular weight excluding hydrogens is 321 g/mol. The van der Waals surface area contributed by atoms with E-state index in [1.807, 2.05) is 18.2 Å². The van der Waals surface area contributed by atoms with Crippen LogP contribution in [-0.4, -0.2) is 26.3 Å². The summed E-state index contributed by atoms with van der Waals surface area (Å²) in [6.07, 6.45) is 3.50. The summed E-state index contributed by atoms with van der Waals surface area (Å²) < 4.78 is 29.3. The van der Waals surface area contributed by atoms with Crippen molar-refractivity contribution in [2.24, 2.45) is 0 Å². The summed E-state index contributed by atoms with van der Waals surface area (Å²) in [6, 6.07) is 12.0. The highest BCUT2D eigenvalue weighted by atomic mass is 19.1. The summed E-state index contributed by atoms with van der Waals surface area (Å²) in [7, 11) is 4.72. The summed E-state index contributed by atoms with van der Waals surface area (Å²) in [5.74, 6) is 1.42. The highest BCUT2D eigenvalue weighted by Gasteiger charge is 2.14. The van der Waals surface area contributed by atoms with Crippen LogP contribution in [0.25, 0.3) is 22.3 Å². The maximum absolute atomic E-state index is 13.1. The highest BCUT2D eigenvalue weighted by molar-refractivity contribution is 5.75. The zero-order chi connectivity index (χ0) is 17.8. The van der Waals surface area contributed by atoms with E-state index in [4.69, 9.17) is 14.2 Å². The van der Waals surface area contributed by atoms with E-state index in [0.29, 0.717) is 17.2 Å². The number of methoxy groups -OCH3 is 3. The standard InChI is InChI=1S/C20H18FNO3/c1-23-18-9-14(10-19(24-2)20(18)25-3)16-8-15(11-22-12-16)13-4-6-17(21)7-5-13/h4-12H,1-3H3. The van der Waals surface area contributed by atoms with Crippen molar-refractivity contribution in [3.05, 3.63) is 60.7 Å². The summed E-state index contributed by atoms with van der Waals surface area (Å²) in [5, 5.41) is 0. The van der Waals surface area contributed by atoms with Crippen molar-refractivity contribution in [2.75, 3.05) is 21.3 Å². The smallest absolute Gasteiger partial charge is 0.203 e. The van der Waals surface area contributed by atoms with Crippen LogP contribution in [0.2, 0.25) is 0 Å². The van der Waals surface area contributed by atoms with Crippen LogP contribution in [0.15, 0.2) is 54.9 Å². The molecule has 0 N–H and O–H groups in total. The summed E-state index contributed by atoms with van der Waals surface area (Å²) >= 11 is 0. The van der Waals surface area contributed by atoms with Gasteiger partial charge in [-0.3, -0.25) is 4.98 Å². The predicted molar refractivity (Wildman–Crippen MR) is 94.7 cm³/mol. The number of benzene rings is 2. The minimum atomic E-state index is -0.266. The Kier molecular flexibility index (Phi) is 4.84. The van der Waals surface area contributed by atoms with Crippen molar-refractivity contribution in [2.45, 2.75) is 0 Å². The predicted octanol–water partition coefficient (Wildman–Crippen LogP) is 4.58. The molecule has 0 saturated carbocycles. The van der Waals surface area contributed by atoms with Crippen LogP contribution < -0.4 is 14.2 Å². The molecule has 1 aromatic heterocycles. The van der Waals surface area contributed by atoms with Gasteiger partial charge in [0.15, 0.2) is 11.5 Å². The Bertz CT molecular complexity index is 853. The molecule has 3 aromatic rings. The van der Waals surface area contributed by atoms with E-state index in [2.05, 4.69) is 4.98 Å². The fourth-order valence-corrected chi connectivity index (χ4v) is 2.65. The van der Waals surface area contributed by atoms with Gasteiger partial charge in [-0.1, -0.05) is 12.1 Å². The molecule has 0 aliphatic heterocycles. The number of pyridine rings is 1. The molecule has 0 aliphatic carbocycles. The number of nitrogens with zero attached hydrogens (tertiary/aromatic N) is 1. The van der Waals surface area contributed by atoms with Crippen molar-refractivity contribution in [1.29, 1.82) is 0 Å². The van der Waals surface area contributed by atoms with Crippen LogP contribution in [0.5, 0.6) is 17.2 Å². The third-order valence-corrected chi connectivity index (χ3v) is 3.91. The van der Waals surface area contributed by atoms with E-state index in [1.54, 1.807) is 45.9 Å². The number of aromatic nitrogens is 1. The molecule has 5 heteroatoms. The SMILES string of the molecule is COc1cc(-c2cncc(-c3ccc(F)cc3)c2)cc(OC)c1OC. The average Bonchev–Trinajstić information content (AvgIpc) is 2.67. The number of halogens is 1. The zero-order valence-electron chi connectivity index (χ0n) is 14.2. The van der Waals surface area contributed by atoms with Gasteiger partial charge in [0.1, 0.15) is 5.82 Å². The van der Waals surface area contributed by atoms with Gasteiger partial charge in [0.2, 0.25) is 5.75 Å². The van der Waals surface area contributed by atoms with Gasteiger partial charge in [-0.15, -0.1) is 0 Å². The van der Waals surface area contributed by atoms with Gasteiger partial charge >= 0.3 is 0 Å². The van der Waals surface area contributed by atoms with Gasteiger partial charge in [0, 0.05) is 23.5 Å². The van der Waals surface area contributed by atoms with Crippen molar-refractivity contribution in [3.8, 4) is 39.5 Å².